The Morgan fingerprint density at radius 2 is 1.48 bits per heavy atom. The van der Waals surface area contributed by atoms with Crippen molar-refractivity contribution < 1.29 is 94.2 Å². The number of hydrogen-bond donors (Lipinski definition) is 13. The molecule has 3 fully saturated rings. The summed E-state index contributed by atoms with van der Waals surface area (Å²) in [5.74, 6) is -6.12. The van der Waals surface area contributed by atoms with E-state index in [0.29, 0.717) is 0 Å². The molecule has 3 aliphatic heterocycles. The molecule has 21 nitrogen and oxygen atoms in total. The van der Waals surface area contributed by atoms with Gasteiger partial charge in [-0.25, -0.2) is 4.79 Å². The Kier molecular flexibility index (Phi) is 13.1. The molecule has 7 unspecified atom stereocenters. The number of aliphatic carboxylic acids is 1. The van der Waals surface area contributed by atoms with Gasteiger partial charge in [-0.3, -0.25) is 9.59 Å². The molecular formula is C25H42N2O19. The van der Waals surface area contributed by atoms with Crippen LogP contribution < -0.4 is 10.6 Å². The van der Waals surface area contributed by atoms with Gasteiger partial charge in [-0.05, 0) is 0 Å². The van der Waals surface area contributed by atoms with E-state index in [1.807, 2.05) is 0 Å². The average molecular weight is 675 g/mol. The van der Waals surface area contributed by atoms with Gasteiger partial charge in [-0.15, -0.1) is 0 Å². The molecule has 13 N–H and O–H groups in total. The molecule has 0 aromatic carbocycles. The van der Waals surface area contributed by atoms with Crippen LogP contribution in [0.2, 0.25) is 0 Å². The zero-order valence-electron chi connectivity index (χ0n) is 24.7. The Bertz CT molecular complexity index is 1050. The minimum atomic E-state index is -2.84. The van der Waals surface area contributed by atoms with Gasteiger partial charge in [0, 0.05) is 20.3 Å². The SMILES string of the molecule is CC(=O)NC1C(O)OC(CO)[C@H](O[C@@H]2OC(CO[C@]3(C(=O)O)CC(O)[C@@H](NC(C)=O)C([C@H](O)[C@H](O)CO)O3)[C@H](O)[C@H](O)C2O)[C@@H]1O. The van der Waals surface area contributed by atoms with Crippen molar-refractivity contribution in [1.82, 2.24) is 10.6 Å². The fourth-order valence-electron chi connectivity index (χ4n) is 5.46. The molecular weight excluding hydrogens is 632 g/mol. The third kappa shape index (κ3) is 8.26. The monoisotopic (exact) mass is 674 g/mol. The summed E-state index contributed by atoms with van der Waals surface area (Å²) in [6, 6.07) is -2.96. The maximum Gasteiger partial charge on any atom is 0.364 e. The Balaban J connectivity index is 1.83. The van der Waals surface area contributed by atoms with Crippen LogP contribution in [0.25, 0.3) is 0 Å². The van der Waals surface area contributed by atoms with Gasteiger partial charge in [0.25, 0.3) is 5.79 Å². The van der Waals surface area contributed by atoms with Gasteiger partial charge in [0.2, 0.25) is 11.8 Å². The lowest BCUT2D eigenvalue weighted by atomic mass is 9.88. The summed E-state index contributed by atoms with van der Waals surface area (Å²) in [6.45, 7) is -0.695. The summed E-state index contributed by atoms with van der Waals surface area (Å²) in [5.41, 5.74) is 0. The molecule has 0 aromatic heterocycles. The van der Waals surface area contributed by atoms with E-state index in [-0.39, 0.29) is 0 Å². The number of nitrogens with one attached hydrogen (secondary N) is 2. The first-order valence-electron chi connectivity index (χ1n) is 14.2. The van der Waals surface area contributed by atoms with Gasteiger partial charge >= 0.3 is 5.97 Å². The second kappa shape index (κ2) is 15.8. The molecule has 3 saturated heterocycles. The Morgan fingerprint density at radius 1 is 0.870 bits per heavy atom. The Labute approximate surface area is 260 Å². The summed E-state index contributed by atoms with van der Waals surface area (Å²) in [7, 11) is 0. The minimum absolute atomic E-state index is 0.677. The van der Waals surface area contributed by atoms with Crippen molar-refractivity contribution in [2.75, 3.05) is 19.8 Å². The lowest BCUT2D eigenvalue weighted by molar-refractivity contribution is -0.358. The molecule has 0 bridgehead atoms. The highest BCUT2D eigenvalue weighted by molar-refractivity contribution is 5.76. The first-order chi connectivity index (χ1) is 21.5. The van der Waals surface area contributed by atoms with Crippen molar-refractivity contribution in [2.45, 2.75) is 118 Å². The second-order valence-electron chi connectivity index (χ2n) is 11.3. The highest BCUT2D eigenvalue weighted by atomic mass is 16.8. The van der Waals surface area contributed by atoms with Crippen LogP contribution in [0.1, 0.15) is 20.3 Å². The lowest BCUT2D eigenvalue weighted by Gasteiger charge is -2.48. The maximum atomic E-state index is 12.4. The van der Waals surface area contributed by atoms with Crippen LogP contribution in [0, 0.1) is 0 Å². The fraction of sp³-hybridized carbons (Fsp3) is 0.880. The average Bonchev–Trinajstić information content (AvgIpc) is 2.99. The van der Waals surface area contributed by atoms with E-state index in [9.17, 15) is 70.6 Å². The second-order valence-corrected chi connectivity index (χ2v) is 11.3. The lowest BCUT2D eigenvalue weighted by Crippen LogP contribution is -2.69. The number of carbonyl (C=O) groups is 3. The van der Waals surface area contributed by atoms with E-state index in [0.717, 1.165) is 13.8 Å². The van der Waals surface area contributed by atoms with Gasteiger partial charge < -0.3 is 90.5 Å². The van der Waals surface area contributed by atoms with Gasteiger partial charge in [-0.2, -0.15) is 0 Å². The quantitative estimate of drug-likeness (QED) is 0.0913. The fourth-order valence-corrected chi connectivity index (χ4v) is 5.46. The summed E-state index contributed by atoms with van der Waals surface area (Å²) in [5, 5.41) is 117. The molecule has 2 amide bonds. The number of aliphatic hydroxyl groups is 10. The van der Waals surface area contributed by atoms with Crippen LogP contribution in [0.3, 0.4) is 0 Å². The predicted molar refractivity (Wildman–Crippen MR) is 142 cm³/mol. The van der Waals surface area contributed by atoms with Gasteiger partial charge in [0.15, 0.2) is 12.6 Å². The molecule has 0 aromatic rings. The smallest absolute Gasteiger partial charge is 0.364 e. The molecule has 266 valence electrons. The highest BCUT2D eigenvalue weighted by Crippen LogP contribution is 2.35. The molecule has 3 aliphatic rings. The number of carboxylic acid groups (broad SMARTS) is 1. The molecule has 21 heteroatoms. The van der Waals surface area contributed by atoms with Crippen LogP contribution in [0.5, 0.6) is 0 Å². The summed E-state index contributed by atoms with van der Waals surface area (Å²) in [6.07, 6.45) is -24.9. The number of carbonyl (C=O) groups excluding carboxylic acids is 2. The van der Waals surface area contributed by atoms with Crippen molar-refractivity contribution in [3.8, 4) is 0 Å². The number of hydrogen-bond acceptors (Lipinski definition) is 18. The van der Waals surface area contributed by atoms with E-state index in [1.54, 1.807) is 0 Å². The molecule has 0 radical (unpaired) electrons. The summed E-state index contributed by atoms with van der Waals surface area (Å²) in [4.78, 5) is 35.7. The van der Waals surface area contributed by atoms with E-state index in [1.165, 1.54) is 0 Å². The van der Waals surface area contributed by atoms with Gasteiger partial charge in [0.1, 0.15) is 67.1 Å². The molecule has 0 saturated carbocycles. The summed E-state index contributed by atoms with van der Waals surface area (Å²) < 4.78 is 27.2. The van der Waals surface area contributed by atoms with Crippen molar-refractivity contribution in [3.05, 3.63) is 0 Å². The van der Waals surface area contributed by atoms with E-state index >= 15 is 0 Å². The molecule has 0 spiro atoms. The zero-order chi connectivity index (χ0) is 34.7. The van der Waals surface area contributed by atoms with E-state index < -0.39 is 142 Å². The largest absolute Gasteiger partial charge is 0.477 e. The predicted octanol–water partition coefficient (Wildman–Crippen LogP) is -8.08. The highest BCUT2D eigenvalue weighted by Gasteiger charge is 2.57. The van der Waals surface area contributed by atoms with Crippen molar-refractivity contribution in [1.29, 1.82) is 0 Å². The molecule has 16 atom stereocenters. The number of aliphatic hydroxyl groups excluding tert-OH is 10. The van der Waals surface area contributed by atoms with Gasteiger partial charge in [-0.1, -0.05) is 0 Å². The minimum Gasteiger partial charge on any atom is -0.477 e. The first kappa shape index (κ1) is 38.3. The van der Waals surface area contributed by atoms with Crippen molar-refractivity contribution in [2.24, 2.45) is 0 Å². The summed E-state index contributed by atoms with van der Waals surface area (Å²) >= 11 is 0. The normalized spacial score (nSPS) is 42.9. The number of rotatable bonds is 12. The van der Waals surface area contributed by atoms with Crippen LogP contribution in [0.15, 0.2) is 0 Å². The van der Waals surface area contributed by atoms with Crippen LogP contribution in [-0.2, 0) is 38.1 Å². The Hall–Kier alpha value is -2.19. The molecule has 3 heterocycles. The first-order valence-corrected chi connectivity index (χ1v) is 14.2. The third-order valence-corrected chi connectivity index (χ3v) is 7.87. The van der Waals surface area contributed by atoms with Crippen LogP contribution in [-0.4, -0.2) is 191 Å². The van der Waals surface area contributed by atoms with Crippen molar-refractivity contribution >= 4 is 17.8 Å². The number of carboxylic acids is 1. The zero-order valence-corrected chi connectivity index (χ0v) is 24.7. The van der Waals surface area contributed by atoms with Crippen molar-refractivity contribution in [3.63, 3.8) is 0 Å². The molecule has 0 aliphatic carbocycles. The van der Waals surface area contributed by atoms with Gasteiger partial charge in [0.05, 0.1) is 32.0 Å². The standard InChI is InChI=1S/C25H42N2O19/c1-7(30)26-13-9(32)3-25(24(40)41,46-21(13)15(34)10(33)4-28)42-6-12-16(35)18(37)19(38)23(44-12)45-20-11(5-29)43-22(39)14(17(20)36)27-8(2)31/h9-23,28-29,32-39H,3-6H2,1-2H3,(H,26,30)(H,27,31)(H,40,41)/t9?,10-,11?,12?,13-,14?,15-,16+,17-,18+,19?,20+,21?,22?,23+,25-/m1/s1. The maximum absolute atomic E-state index is 12.4. The topological polar surface area (TPSA) is 344 Å². The molecule has 46 heavy (non-hydrogen) atoms. The number of amides is 2. The van der Waals surface area contributed by atoms with E-state index in [4.69, 9.17) is 23.7 Å². The number of ether oxygens (including phenoxy) is 5. The van der Waals surface area contributed by atoms with Crippen LogP contribution >= 0.6 is 0 Å². The third-order valence-electron chi connectivity index (χ3n) is 7.87. The molecule has 3 rings (SSSR count). The van der Waals surface area contributed by atoms with Crippen LogP contribution in [0.4, 0.5) is 0 Å². The Morgan fingerprint density at radius 3 is 2.02 bits per heavy atom. The van der Waals surface area contributed by atoms with E-state index in [2.05, 4.69) is 10.6 Å².